The molecule has 0 bridgehead atoms. The first kappa shape index (κ1) is 14.5. The summed E-state index contributed by atoms with van der Waals surface area (Å²) in [7, 11) is 1.35. The van der Waals surface area contributed by atoms with Gasteiger partial charge in [-0.25, -0.2) is 4.39 Å². The predicted octanol–water partition coefficient (Wildman–Crippen LogP) is 1.36. The van der Waals surface area contributed by atoms with Crippen molar-refractivity contribution in [2.75, 3.05) is 7.05 Å². The topological polar surface area (TPSA) is 66.5 Å². The zero-order valence-corrected chi connectivity index (χ0v) is 11.4. The fourth-order valence-electron chi connectivity index (χ4n) is 1.96. The predicted molar refractivity (Wildman–Crippen MR) is 69.7 cm³/mol. The highest BCUT2D eigenvalue weighted by molar-refractivity contribution is 6.31. The van der Waals surface area contributed by atoms with Gasteiger partial charge in [0.25, 0.3) is 11.8 Å². The molecule has 20 heavy (non-hydrogen) atoms. The van der Waals surface area contributed by atoms with E-state index in [0.717, 1.165) is 11.0 Å². The lowest BCUT2D eigenvalue weighted by atomic mass is 10.0. The van der Waals surface area contributed by atoms with Crippen molar-refractivity contribution in [1.29, 1.82) is 0 Å². The van der Waals surface area contributed by atoms with Crippen LogP contribution in [-0.2, 0) is 9.59 Å². The number of likely N-dealkylation sites (tertiary alicyclic amines) is 1. The molecule has 1 unspecified atom stereocenters. The summed E-state index contributed by atoms with van der Waals surface area (Å²) in [6, 6.07) is 2.76. The van der Waals surface area contributed by atoms with E-state index in [1.165, 1.54) is 19.2 Å². The fourth-order valence-corrected chi connectivity index (χ4v) is 2.13. The van der Waals surface area contributed by atoms with Crippen molar-refractivity contribution in [3.63, 3.8) is 0 Å². The number of rotatable bonds is 2. The van der Waals surface area contributed by atoms with Crippen LogP contribution >= 0.6 is 11.6 Å². The Morgan fingerprint density at radius 1 is 1.45 bits per heavy atom. The third-order valence-corrected chi connectivity index (χ3v) is 3.36. The molecule has 1 N–H and O–H groups in total. The Kier molecular flexibility index (Phi) is 4.04. The van der Waals surface area contributed by atoms with Gasteiger partial charge < -0.3 is 5.32 Å². The van der Waals surface area contributed by atoms with Crippen LogP contribution in [0.5, 0.6) is 0 Å². The van der Waals surface area contributed by atoms with E-state index >= 15 is 0 Å². The van der Waals surface area contributed by atoms with Gasteiger partial charge >= 0.3 is 0 Å². The van der Waals surface area contributed by atoms with E-state index in [2.05, 4.69) is 5.32 Å². The average Bonchev–Trinajstić information content (AvgIpc) is 2.42. The zero-order valence-electron chi connectivity index (χ0n) is 10.7. The lowest BCUT2D eigenvalue weighted by Crippen LogP contribution is -2.53. The Morgan fingerprint density at radius 2 is 2.15 bits per heavy atom. The van der Waals surface area contributed by atoms with Gasteiger partial charge in [0.05, 0.1) is 5.56 Å². The number of carbonyl (C=O) groups is 3. The van der Waals surface area contributed by atoms with Gasteiger partial charge in [-0.3, -0.25) is 19.3 Å². The Bertz CT molecular complexity index is 591. The van der Waals surface area contributed by atoms with Crippen LogP contribution in [0.3, 0.4) is 0 Å². The maximum absolute atomic E-state index is 13.5. The molecule has 0 radical (unpaired) electrons. The molecule has 1 atom stereocenters. The second-order valence-electron chi connectivity index (χ2n) is 4.48. The normalized spacial score (nSPS) is 19.1. The highest BCUT2D eigenvalue weighted by Crippen LogP contribution is 2.16. The van der Waals surface area contributed by atoms with E-state index in [1.807, 2.05) is 0 Å². The van der Waals surface area contributed by atoms with Crippen molar-refractivity contribution < 1.29 is 18.8 Å². The summed E-state index contributed by atoms with van der Waals surface area (Å²) < 4.78 is 13.5. The van der Waals surface area contributed by atoms with Crippen molar-refractivity contribution in [1.82, 2.24) is 10.2 Å². The Hall–Kier alpha value is -1.95. The molecule has 0 saturated carbocycles. The highest BCUT2D eigenvalue weighted by atomic mass is 35.5. The van der Waals surface area contributed by atoms with Gasteiger partial charge in [-0.15, -0.1) is 0 Å². The Labute approximate surface area is 119 Å². The second kappa shape index (κ2) is 5.58. The lowest BCUT2D eigenvalue weighted by molar-refractivity contribution is -0.147. The second-order valence-corrected chi connectivity index (χ2v) is 4.92. The highest BCUT2D eigenvalue weighted by Gasteiger charge is 2.33. The fraction of sp³-hybridized carbons (Fsp3) is 0.308. The molecule has 5 nitrogen and oxygen atoms in total. The summed E-state index contributed by atoms with van der Waals surface area (Å²) in [5.74, 6) is -2.25. The van der Waals surface area contributed by atoms with Gasteiger partial charge in [0.2, 0.25) is 5.91 Å². The molecular formula is C13H12ClFN2O3. The maximum Gasteiger partial charge on any atom is 0.254 e. The molecule has 106 valence electrons. The van der Waals surface area contributed by atoms with E-state index in [4.69, 9.17) is 11.6 Å². The van der Waals surface area contributed by atoms with E-state index in [9.17, 15) is 18.8 Å². The monoisotopic (exact) mass is 298 g/mol. The number of halogens is 2. The van der Waals surface area contributed by atoms with E-state index in [1.54, 1.807) is 0 Å². The van der Waals surface area contributed by atoms with Crippen molar-refractivity contribution in [3.05, 3.63) is 34.6 Å². The van der Waals surface area contributed by atoms with Crippen LogP contribution < -0.4 is 5.32 Å². The van der Waals surface area contributed by atoms with Gasteiger partial charge in [0, 0.05) is 18.5 Å². The van der Waals surface area contributed by atoms with Crippen LogP contribution in [0.4, 0.5) is 4.39 Å². The molecule has 1 fully saturated rings. The Morgan fingerprint density at radius 3 is 2.85 bits per heavy atom. The first-order valence-electron chi connectivity index (χ1n) is 5.96. The minimum Gasteiger partial charge on any atom is -0.340 e. The number of benzene rings is 1. The molecule has 2 rings (SSSR count). The third-order valence-electron chi connectivity index (χ3n) is 3.13. The number of hydrogen-bond acceptors (Lipinski definition) is 3. The van der Waals surface area contributed by atoms with E-state index in [0.29, 0.717) is 0 Å². The molecule has 0 aromatic heterocycles. The van der Waals surface area contributed by atoms with Crippen LogP contribution in [0.2, 0.25) is 5.02 Å². The number of hydrogen-bond donors (Lipinski definition) is 1. The molecule has 7 heteroatoms. The van der Waals surface area contributed by atoms with Crippen LogP contribution in [-0.4, -0.2) is 35.7 Å². The lowest BCUT2D eigenvalue weighted by Gasteiger charge is -2.28. The Balaban J connectivity index is 2.14. The number of piperidine rings is 1. The molecule has 1 aliphatic heterocycles. The number of imide groups is 1. The molecule has 1 aromatic carbocycles. The first-order valence-corrected chi connectivity index (χ1v) is 6.34. The van der Waals surface area contributed by atoms with Gasteiger partial charge in [-0.1, -0.05) is 11.6 Å². The molecule has 0 aliphatic carbocycles. The smallest absolute Gasteiger partial charge is 0.254 e. The first-order chi connectivity index (χ1) is 9.40. The maximum atomic E-state index is 13.5. The summed E-state index contributed by atoms with van der Waals surface area (Å²) in [4.78, 5) is 36.1. The summed E-state index contributed by atoms with van der Waals surface area (Å²) >= 11 is 5.71. The van der Waals surface area contributed by atoms with Crippen molar-refractivity contribution in [2.45, 2.75) is 18.9 Å². The van der Waals surface area contributed by atoms with Gasteiger partial charge in [-0.2, -0.15) is 0 Å². The third kappa shape index (κ3) is 2.80. The van der Waals surface area contributed by atoms with Crippen molar-refractivity contribution >= 4 is 29.3 Å². The van der Waals surface area contributed by atoms with Gasteiger partial charge in [0.15, 0.2) is 0 Å². The number of nitrogens with one attached hydrogen (secondary N) is 1. The summed E-state index contributed by atoms with van der Waals surface area (Å²) in [5, 5.41) is 2.64. The standard InChI is InChI=1S/C13H12ClFN2O3/c1-17-11(18)5-4-10(13(17)20)16-12(19)8-6-7(14)2-3-9(8)15/h2-3,6,10H,4-5H2,1H3,(H,16,19). The van der Waals surface area contributed by atoms with Gasteiger partial charge in [0.1, 0.15) is 11.9 Å². The summed E-state index contributed by atoms with van der Waals surface area (Å²) in [6.07, 6.45) is 0.362. The number of nitrogens with zero attached hydrogens (tertiary/aromatic N) is 1. The minimum atomic E-state index is -0.830. The zero-order chi connectivity index (χ0) is 14.9. The van der Waals surface area contributed by atoms with Gasteiger partial charge in [-0.05, 0) is 24.6 Å². The summed E-state index contributed by atoms with van der Waals surface area (Å²) in [6.45, 7) is 0. The van der Waals surface area contributed by atoms with Crippen LogP contribution in [0.1, 0.15) is 23.2 Å². The molecule has 1 heterocycles. The molecule has 0 spiro atoms. The van der Waals surface area contributed by atoms with E-state index < -0.39 is 23.7 Å². The molecule has 1 saturated heterocycles. The van der Waals surface area contributed by atoms with Crippen molar-refractivity contribution in [3.8, 4) is 0 Å². The number of likely N-dealkylation sites (N-methyl/N-ethyl adjacent to an activating group) is 1. The molecule has 1 aliphatic rings. The minimum absolute atomic E-state index is 0.158. The number of carbonyl (C=O) groups excluding carboxylic acids is 3. The van der Waals surface area contributed by atoms with Crippen LogP contribution in [0.25, 0.3) is 0 Å². The molecule has 3 amide bonds. The molecular weight excluding hydrogens is 287 g/mol. The summed E-state index contributed by atoms with van der Waals surface area (Å²) in [5.41, 5.74) is -0.232. The van der Waals surface area contributed by atoms with Crippen LogP contribution in [0, 0.1) is 5.82 Å². The average molecular weight is 299 g/mol. The van der Waals surface area contributed by atoms with Crippen molar-refractivity contribution in [2.24, 2.45) is 0 Å². The van der Waals surface area contributed by atoms with Crippen LogP contribution in [0.15, 0.2) is 18.2 Å². The molecule has 1 aromatic rings. The van der Waals surface area contributed by atoms with E-state index in [-0.39, 0.29) is 29.3 Å². The SMILES string of the molecule is CN1C(=O)CCC(NC(=O)c2cc(Cl)ccc2F)C1=O. The number of amides is 3. The largest absolute Gasteiger partial charge is 0.340 e. The quantitative estimate of drug-likeness (QED) is 0.838.